The number of hydrogen-bond donors (Lipinski definition) is 0. The van der Waals surface area contributed by atoms with E-state index >= 15 is 0 Å². The number of nitrogens with zero attached hydrogens (tertiary/aromatic N) is 8. The first kappa shape index (κ1) is 82.1. The van der Waals surface area contributed by atoms with Crippen LogP contribution in [0.15, 0.2) is 62.5 Å². The van der Waals surface area contributed by atoms with Gasteiger partial charge in [0.05, 0.1) is 6.54 Å². The van der Waals surface area contributed by atoms with E-state index in [2.05, 4.69) is 69.4 Å². The maximum atomic E-state index is 10.5. The van der Waals surface area contributed by atoms with Gasteiger partial charge in [-0.1, -0.05) is 152 Å². The van der Waals surface area contributed by atoms with Crippen LogP contribution >= 0.6 is 23.1 Å². The Kier molecular flexibility index (Phi) is 78.9. The maximum absolute atomic E-state index is 10.5. The van der Waals surface area contributed by atoms with Crippen LogP contribution < -0.4 is 10.6 Å². The third-order valence-electron chi connectivity index (χ3n) is 8.06. The highest BCUT2D eigenvalue weighted by atomic mass is 32.2. The fraction of sp³-hybridized carbons (Fsp3) is 0.750. The molecule has 0 atom stereocenters. The Bertz CT molecular complexity index is 1380. The van der Waals surface area contributed by atoms with Crippen LogP contribution in [-0.2, 0) is 23.6 Å². The van der Waals surface area contributed by atoms with Crippen LogP contribution in [0.4, 0.5) is 9.59 Å². The first-order chi connectivity index (χ1) is 33.2. The van der Waals surface area contributed by atoms with E-state index in [1.165, 1.54) is 72.8 Å². The number of oxazole rings is 1. The molecular formula is C52H110N8O7S2. The molecule has 412 valence electrons. The number of aromatic nitrogens is 2. The van der Waals surface area contributed by atoms with Gasteiger partial charge >= 0.3 is 16.7 Å². The number of rotatable bonds is 0. The van der Waals surface area contributed by atoms with E-state index in [1.807, 2.05) is 125 Å². The zero-order chi connectivity index (χ0) is 55.6. The van der Waals surface area contributed by atoms with Crippen molar-refractivity contribution in [1.29, 1.82) is 0 Å². The van der Waals surface area contributed by atoms with E-state index in [0.717, 1.165) is 51.3 Å². The molecule has 3 amide bonds. The highest BCUT2D eigenvalue weighted by Gasteiger charge is 2.16. The zero-order valence-electron chi connectivity index (χ0n) is 49.0. The van der Waals surface area contributed by atoms with Crippen molar-refractivity contribution in [1.82, 2.24) is 38.5 Å². The third kappa shape index (κ3) is 55.0. The molecule has 0 bridgehead atoms. The molecule has 4 saturated heterocycles. The summed E-state index contributed by atoms with van der Waals surface area (Å²) in [7, 11) is 15.1. The van der Waals surface area contributed by atoms with Crippen molar-refractivity contribution in [2.75, 3.05) is 107 Å². The summed E-state index contributed by atoms with van der Waals surface area (Å²) in [5.41, 5.74) is 0. The van der Waals surface area contributed by atoms with Crippen LogP contribution in [0.25, 0.3) is 0 Å². The van der Waals surface area contributed by atoms with Crippen molar-refractivity contribution in [2.24, 2.45) is 14.1 Å². The van der Waals surface area contributed by atoms with Gasteiger partial charge in [-0.05, 0) is 59.1 Å². The molecule has 0 unspecified atom stereocenters. The summed E-state index contributed by atoms with van der Waals surface area (Å²) in [6.45, 7) is 41.3. The van der Waals surface area contributed by atoms with Gasteiger partial charge in [0.25, 0.3) is 5.24 Å². The molecule has 0 saturated carbocycles. The second kappa shape index (κ2) is 66.3. The van der Waals surface area contributed by atoms with Crippen LogP contribution in [0.3, 0.4) is 0 Å². The molecule has 6 aliphatic heterocycles. The van der Waals surface area contributed by atoms with Gasteiger partial charge in [-0.25, -0.2) is 9.59 Å². The molecule has 0 aliphatic carbocycles. The van der Waals surface area contributed by atoms with E-state index in [0.29, 0.717) is 12.5 Å². The van der Waals surface area contributed by atoms with Crippen molar-refractivity contribution < 1.29 is 23.5 Å². The lowest BCUT2D eigenvalue weighted by molar-refractivity contribution is -0.126. The number of cyclic esters (lactones) is 1. The first-order valence-electron chi connectivity index (χ1n) is 25.8. The average Bonchev–Trinajstić information content (AvgIpc) is 4.30. The monoisotopic (exact) mass is 1020 g/mol. The molecule has 4 fully saturated rings. The van der Waals surface area contributed by atoms with Crippen LogP contribution in [0, 0.1) is 0 Å². The minimum absolute atomic E-state index is 0.0972. The van der Waals surface area contributed by atoms with Crippen LogP contribution in [0.5, 0.6) is 0 Å². The lowest BCUT2D eigenvalue weighted by Gasteiger charge is -2.03. The number of hydrogen-bond acceptors (Lipinski definition) is 12. The van der Waals surface area contributed by atoms with Crippen molar-refractivity contribution in [2.45, 2.75) is 143 Å². The fourth-order valence-electron chi connectivity index (χ4n) is 4.44. The van der Waals surface area contributed by atoms with Gasteiger partial charge < -0.3 is 38.2 Å². The van der Waals surface area contributed by atoms with Crippen LogP contribution in [0.1, 0.15) is 143 Å². The molecule has 6 aliphatic rings. The largest absolute Gasteiger partial charge is 0.448 e. The van der Waals surface area contributed by atoms with Crippen LogP contribution in [0.2, 0.25) is 0 Å². The Hall–Kier alpha value is -3.80. The zero-order valence-corrected chi connectivity index (χ0v) is 50.6. The molecule has 0 N–H and O–H groups in total. The fourth-order valence-corrected chi connectivity index (χ4v) is 5.88. The number of carbonyl (C=O) groups excluding carboxylic acids is 3. The van der Waals surface area contributed by atoms with E-state index < -0.39 is 0 Å². The molecule has 15 nitrogen and oxygen atoms in total. The Balaban J connectivity index is -0.0000000986. The normalized spacial score (nSPS) is 14.9. The Labute approximate surface area is 433 Å². The SMILES string of the molecule is CC.CC.CC.CC.CC.CC.CC.CC.CN1C=CCC1.CN1CC=CC1.CN1CCCC1.CN1CCCC1=O.CN1CCOC1=O.CN1CCSC1=O.Cn1ccoc1=O.Cn1ccsc1=O. The number of likely N-dealkylation sites (N-methyl/N-ethyl adjacent to an activating group) is 2. The summed E-state index contributed by atoms with van der Waals surface area (Å²) in [6.07, 6.45) is 19.0. The lowest BCUT2D eigenvalue weighted by atomic mass is 10.4. The van der Waals surface area contributed by atoms with Gasteiger partial charge in [-0.2, -0.15) is 0 Å². The highest BCUT2D eigenvalue weighted by Crippen LogP contribution is 2.13. The van der Waals surface area contributed by atoms with E-state index in [-0.39, 0.29) is 22.0 Å². The van der Waals surface area contributed by atoms with E-state index in [1.54, 1.807) is 58.2 Å². The summed E-state index contributed by atoms with van der Waals surface area (Å²) in [4.78, 5) is 63.8. The summed E-state index contributed by atoms with van der Waals surface area (Å²) < 4.78 is 11.8. The van der Waals surface area contributed by atoms with Crippen LogP contribution in [-0.4, -0.2) is 163 Å². The molecule has 17 heteroatoms. The number of ether oxygens (including phenoxy) is 1. The molecule has 0 aromatic carbocycles. The van der Waals surface area contributed by atoms with Gasteiger partial charge in [0.15, 0.2) is 0 Å². The number of carbonyl (C=O) groups is 3. The Morgan fingerprint density at radius 1 is 0.522 bits per heavy atom. The van der Waals surface area contributed by atoms with Crippen molar-refractivity contribution in [3.8, 4) is 0 Å². The lowest BCUT2D eigenvalue weighted by Crippen LogP contribution is -2.17. The summed E-state index contributed by atoms with van der Waals surface area (Å²) in [6, 6.07) is 0. The molecule has 0 radical (unpaired) electrons. The van der Waals surface area contributed by atoms with Crippen molar-refractivity contribution >= 4 is 40.3 Å². The average molecular weight is 1020 g/mol. The standard InChI is InChI=1S/C5H9NO.C5H11N.2C5H9N.C4H7NO2.C4H5NO2.C4H7NOS.C4H5NOS.8C2H6/c1-6-4-2-3-5(6)7;3*1-6-4-2-3-5-6;4*1-5-2-3-7-4(5)6;8*1-2/h2-4H2,1H3;2-5H2,1H3;2,4H,3,5H2,1H3;2-3H,4-5H2,1H3;2-3H2,1H3;2-3H,1H3;2-3H2,1H3;2-3H,1H3;8*1-2H3. The minimum Gasteiger partial charge on any atom is -0.448 e. The smallest absolute Gasteiger partial charge is 0.418 e. The molecule has 8 rings (SSSR count). The van der Waals surface area contributed by atoms with Crippen molar-refractivity contribution in [3.05, 3.63) is 68.7 Å². The molecule has 0 spiro atoms. The number of aryl methyl sites for hydroxylation is 2. The highest BCUT2D eigenvalue weighted by molar-refractivity contribution is 8.13. The van der Waals surface area contributed by atoms with Gasteiger partial charge in [0.1, 0.15) is 12.9 Å². The predicted molar refractivity (Wildman–Crippen MR) is 305 cm³/mol. The molecule has 8 heterocycles. The van der Waals surface area contributed by atoms with Gasteiger partial charge in [0.2, 0.25) is 5.91 Å². The Morgan fingerprint density at radius 2 is 1.04 bits per heavy atom. The van der Waals surface area contributed by atoms with Gasteiger partial charge in [-0.15, -0.1) is 0 Å². The number of thioether (sulfide) groups is 1. The van der Waals surface area contributed by atoms with Gasteiger partial charge in [0, 0.05) is 105 Å². The third-order valence-corrected chi connectivity index (χ3v) is 9.75. The Morgan fingerprint density at radius 3 is 1.16 bits per heavy atom. The number of amides is 3. The minimum atomic E-state index is -0.319. The molecule has 2 aromatic rings. The summed E-state index contributed by atoms with van der Waals surface area (Å²) in [5, 5.41) is 1.97. The predicted octanol–water partition coefficient (Wildman–Crippen LogP) is 11.8. The summed E-state index contributed by atoms with van der Waals surface area (Å²) >= 11 is 2.60. The number of likely N-dealkylation sites (tertiary alicyclic amines) is 2. The second-order valence-corrected chi connectivity index (χ2v) is 14.8. The quantitative estimate of drug-likeness (QED) is 0.233. The van der Waals surface area contributed by atoms with E-state index in [9.17, 15) is 24.0 Å². The van der Waals surface area contributed by atoms with Crippen molar-refractivity contribution in [3.63, 3.8) is 0 Å². The topological polar surface area (TPSA) is 137 Å². The molecular weight excluding hydrogens is 913 g/mol. The molecule has 2 aromatic heterocycles. The second-order valence-electron chi connectivity index (χ2n) is 12.9. The summed E-state index contributed by atoms with van der Waals surface area (Å²) in [5.74, 6) is 0.940. The molecule has 69 heavy (non-hydrogen) atoms. The first-order valence-corrected chi connectivity index (χ1v) is 27.7. The number of thiazole rings is 1. The van der Waals surface area contributed by atoms with Gasteiger partial charge in [-0.3, -0.25) is 23.9 Å². The van der Waals surface area contributed by atoms with E-state index in [4.69, 9.17) is 0 Å². The maximum Gasteiger partial charge on any atom is 0.418 e.